The van der Waals surface area contributed by atoms with E-state index in [0.29, 0.717) is 28.8 Å². The summed E-state index contributed by atoms with van der Waals surface area (Å²) in [5.41, 5.74) is 1.24. The van der Waals surface area contributed by atoms with Crippen molar-refractivity contribution in [3.8, 4) is 10.8 Å². The van der Waals surface area contributed by atoms with Gasteiger partial charge in [0.2, 0.25) is 5.91 Å². The van der Waals surface area contributed by atoms with Crippen molar-refractivity contribution < 1.29 is 14.0 Å². The van der Waals surface area contributed by atoms with E-state index in [0.717, 1.165) is 4.88 Å². The third kappa shape index (κ3) is 4.55. The minimum atomic E-state index is -0.0624. The van der Waals surface area contributed by atoms with E-state index in [9.17, 15) is 9.59 Å². The molecule has 0 fully saturated rings. The van der Waals surface area contributed by atoms with E-state index in [-0.39, 0.29) is 17.4 Å². The van der Waals surface area contributed by atoms with Crippen LogP contribution in [0.2, 0.25) is 0 Å². The van der Waals surface area contributed by atoms with Gasteiger partial charge in [0.05, 0.1) is 10.6 Å². The molecule has 6 nitrogen and oxygen atoms in total. The van der Waals surface area contributed by atoms with Crippen molar-refractivity contribution in [2.45, 2.75) is 18.6 Å². The summed E-state index contributed by atoms with van der Waals surface area (Å²) >= 11 is 2.72. The molecule has 0 atom stereocenters. The number of Topliss-reactive ketones (excluding diaryl/α,β-unsaturated/α-hetero) is 1. The summed E-state index contributed by atoms with van der Waals surface area (Å²) < 4.78 is 5.54. The highest BCUT2D eigenvalue weighted by Crippen LogP contribution is 2.26. The van der Waals surface area contributed by atoms with Gasteiger partial charge in [-0.3, -0.25) is 9.59 Å². The molecular weight excluding hydrogens is 358 g/mol. The zero-order chi connectivity index (χ0) is 17.6. The number of benzene rings is 1. The van der Waals surface area contributed by atoms with Crippen molar-refractivity contribution in [1.82, 2.24) is 10.2 Å². The van der Waals surface area contributed by atoms with Crippen LogP contribution in [-0.4, -0.2) is 27.6 Å². The molecule has 1 aromatic carbocycles. The molecule has 0 unspecified atom stereocenters. The Hall–Kier alpha value is -2.45. The van der Waals surface area contributed by atoms with Gasteiger partial charge in [0.25, 0.3) is 11.1 Å². The summed E-state index contributed by atoms with van der Waals surface area (Å²) in [4.78, 5) is 24.5. The van der Waals surface area contributed by atoms with Crippen LogP contribution in [0.15, 0.2) is 51.4 Å². The van der Waals surface area contributed by atoms with Crippen LogP contribution in [0.25, 0.3) is 10.8 Å². The molecule has 3 rings (SSSR count). The Morgan fingerprint density at radius 1 is 1.20 bits per heavy atom. The highest BCUT2D eigenvalue weighted by atomic mass is 32.2. The van der Waals surface area contributed by atoms with Gasteiger partial charge < -0.3 is 9.73 Å². The highest BCUT2D eigenvalue weighted by molar-refractivity contribution is 7.99. The number of ketones is 1. The number of anilines is 1. The molecule has 1 N–H and O–H groups in total. The molecule has 0 aliphatic rings. The lowest BCUT2D eigenvalue weighted by Gasteiger charge is -2.04. The number of nitrogens with zero attached hydrogens (tertiary/aromatic N) is 2. The van der Waals surface area contributed by atoms with E-state index in [1.807, 2.05) is 17.5 Å². The summed E-state index contributed by atoms with van der Waals surface area (Å²) in [7, 11) is 0. The Kier molecular flexibility index (Phi) is 5.62. The second-order valence-electron chi connectivity index (χ2n) is 5.04. The fraction of sp³-hybridized carbons (Fsp3) is 0.176. The molecular formula is C17H15N3O3S2. The van der Waals surface area contributed by atoms with E-state index in [4.69, 9.17) is 4.42 Å². The summed E-state index contributed by atoms with van der Waals surface area (Å²) in [6.45, 7) is 1.78. The lowest BCUT2D eigenvalue weighted by atomic mass is 10.1. The Labute approximate surface area is 152 Å². The van der Waals surface area contributed by atoms with Crippen LogP contribution in [0.1, 0.15) is 23.7 Å². The predicted molar refractivity (Wildman–Crippen MR) is 98.0 cm³/mol. The van der Waals surface area contributed by atoms with Crippen LogP contribution in [0, 0.1) is 0 Å². The maximum Gasteiger partial charge on any atom is 0.277 e. The van der Waals surface area contributed by atoms with Crippen molar-refractivity contribution in [2.75, 3.05) is 11.1 Å². The number of aromatic nitrogens is 2. The van der Waals surface area contributed by atoms with Crippen LogP contribution < -0.4 is 5.32 Å². The first-order valence-electron chi connectivity index (χ1n) is 7.59. The molecule has 0 aliphatic carbocycles. The van der Waals surface area contributed by atoms with Crippen LogP contribution in [-0.2, 0) is 4.79 Å². The third-order valence-corrected chi connectivity index (χ3v) is 4.95. The average molecular weight is 373 g/mol. The van der Waals surface area contributed by atoms with Crippen molar-refractivity contribution in [2.24, 2.45) is 0 Å². The second-order valence-corrected chi connectivity index (χ2v) is 6.92. The summed E-state index contributed by atoms with van der Waals surface area (Å²) in [6, 6.07) is 10.6. The second kappa shape index (κ2) is 8.09. The molecule has 25 heavy (non-hydrogen) atoms. The fourth-order valence-electron chi connectivity index (χ4n) is 1.97. The van der Waals surface area contributed by atoms with E-state index in [1.54, 1.807) is 31.2 Å². The van der Waals surface area contributed by atoms with Crippen molar-refractivity contribution >= 4 is 40.5 Å². The molecule has 0 spiro atoms. The average Bonchev–Trinajstić information content (AvgIpc) is 3.31. The van der Waals surface area contributed by atoms with Crippen molar-refractivity contribution in [3.63, 3.8) is 0 Å². The van der Waals surface area contributed by atoms with Gasteiger partial charge in [-0.1, -0.05) is 24.8 Å². The van der Waals surface area contributed by atoms with Crippen LogP contribution in [0.4, 0.5) is 5.69 Å². The van der Waals surface area contributed by atoms with Crippen LogP contribution >= 0.6 is 23.1 Å². The molecule has 128 valence electrons. The monoisotopic (exact) mass is 373 g/mol. The Morgan fingerprint density at radius 3 is 2.68 bits per heavy atom. The van der Waals surface area contributed by atoms with E-state index in [1.165, 1.54) is 23.1 Å². The number of thiophene rings is 1. The van der Waals surface area contributed by atoms with Crippen molar-refractivity contribution in [1.29, 1.82) is 0 Å². The molecule has 0 saturated carbocycles. The first kappa shape index (κ1) is 17.4. The molecule has 3 aromatic rings. The van der Waals surface area contributed by atoms with E-state index < -0.39 is 0 Å². The first-order chi connectivity index (χ1) is 12.2. The SMILES string of the molecule is CCC(=O)Nc1ccc(C(=O)CSc2nnc(-c3cccs3)o2)cc1. The number of carbonyl (C=O) groups is 2. The quantitative estimate of drug-likeness (QED) is 0.495. The zero-order valence-corrected chi connectivity index (χ0v) is 15.0. The van der Waals surface area contributed by atoms with Crippen LogP contribution in [0.3, 0.4) is 0 Å². The molecule has 0 radical (unpaired) electrons. The standard InChI is InChI=1S/C17H15N3O3S2/c1-2-15(22)18-12-7-5-11(6-8-12)13(21)10-25-17-20-19-16(23-17)14-4-3-9-24-14/h3-9H,2,10H2,1H3,(H,18,22). The van der Waals surface area contributed by atoms with Crippen molar-refractivity contribution in [3.05, 3.63) is 47.3 Å². The van der Waals surface area contributed by atoms with Gasteiger partial charge in [0.1, 0.15) is 0 Å². The number of thioether (sulfide) groups is 1. The first-order valence-corrected chi connectivity index (χ1v) is 9.45. The van der Waals surface area contributed by atoms with Gasteiger partial charge in [-0.15, -0.1) is 21.5 Å². The molecule has 0 saturated heterocycles. The minimum Gasteiger partial charge on any atom is -0.410 e. The Morgan fingerprint density at radius 2 is 2.00 bits per heavy atom. The summed E-state index contributed by atoms with van der Waals surface area (Å²) in [5.74, 6) is 0.551. The third-order valence-electron chi connectivity index (χ3n) is 3.28. The maximum atomic E-state index is 12.2. The van der Waals surface area contributed by atoms with Gasteiger partial charge in [-0.25, -0.2) is 0 Å². The number of carbonyl (C=O) groups excluding carboxylic acids is 2. The lowest BCUT2D eigenvalue weighted by Crippen LogP contribution is -2.09. The van der Waals surface area contributed by atoms with Gasteiger partial charge in [0, 0.05) is 17.7 Å². The fourth-order valence-corrected chi connectivity index (χ4v) is 3.27. The van der Waals surface area contributed by atoms with Gasteiger partial charge >= 0.3 is 0 Å². The van der Waals surface area contributed by atoms with Crippen LogP contribution in [0.5, 0.6) is 0 Å². The molecule has 0 aliphatic heterocycles. The molecule has 2 heterocycles. The Balaban J connectivity index is 1.56. The number of amides is 1. The van der Waals surface area contributed by atoms with Gasteiger partial charge in [-0.2, -0.15) is 0 Å². The van der Waals surface area contributed by atoms with E-state index >= 15 is 0 Å². The summed E-state index contributed by atoms with van der Waals surface area (Å²) in [6.07, 6.45) is 0.412. The maximum absolute atomic E-state index is 12.2. The summed E-state index contributed by atoms with van der Waals surface area (Å²) in [5, 5.41) is 13.0. The number of rotatable bonds is 7. The molecule has 2 aromatic heterocycles. The van der Waals surface area contributed by atoms with E-state index in [2.05, 4.69) is 15.5 Å². The molecule has 1 amide bonds. The number of hydrogen-bond acceptors (Lipinski definition) is 7. The smallest absolute Gasteiger partial charge is 0.277 e. The largest absolute Gasteiger partial charge is 0.410 e. The Bertz CT molecular complexity index is 858. The number of nitrogens with one attached hydrogen (secondary N) is 1. The lowest BCUT2D eigenvalue weighted by molar-refractivity contribution is -0.115. The normalized spacial score (nSPS) is 10.6. The molecule has 8 heteroatoms. The minimum absolute atomic E-state index is 0.0470. The topological polar surface area (TPSA) is 85.1 Å². The predicted octanol–water partition coefficient (Wildman–Crippen LogP) is 4.12. The molecule has 0 bridgehead atoms. The van der Waals surface area contributed by atoms with Gasteiger partial charge in [0.15, 0.2) is 5.78 Å². The number of hydrogen-bond donors (Lipinski definition) is 1. The zero-order valence-electron chi connectivity index (χ0n) is 13.4. The van der Waals surface area contributed by atoms with Gasteiger partial charge in [-0.05, 0) is 35.7 Å². The highest BCUT2D eigenvalue weighted by Gasteiger charge is 2.13.